The van der Waals surface area contributed by atoms with Crippen molar-refractivity contribution in [1.82, 2.24) is 8.87 Å². The Balaban J connectivity index is 1.62. The molecule has 3 aromatic rings. The van der Waals surface area contributed by atoms with E-state index in [2.05, 4.69) is 4.99 Å². The summed E-state index contributed by atoms with van der Waals surface area (Å²) in [6, 6.07) is 10.1. The molecule has 1 aliphatic heterocycles. The Morgan fingerprint density at radius 3 is 2.53 bits per heavy atom. The lowest BCUT2D eigenvalue weighted by Crippen LogP contribution is -2.34. The van der Waals surface area contributed by atoms with Gasteiger partial charge in [0.05, 0.1) is 32.7 Å². The molecule has 206 valence electrons. The van der Waals surface area contributed by atoms with E-state index in [9.17, 15) is 21.6 Å². The Bertz CT molecular complexity index is 1590. The van der Waals surface area contributed by atoms with Gasteiger partial charge in [-0.1, -0.05) is 11.3 Å². The second kappa shape index (κ2) is 11.7. The third-order valence-corrected chi connectivity index (χ3v) is 9.93. The quantitative estimate of drug-likeness (QED) is 0.359. The van der Waals surface area contributed by atoms with E-state index >= 15 is 0 Å². The van der Waals surface area contributed by atoms with Crippen molar-refractivity contribution in [3.63, 3.8) is 0 Å². The standard InChI is InChI=1S/C24H30N4O7S3/c1-3-34-14-12-28-21-11-10-20(37(25,30)31)15-22(21)36-24(28)26-23(29)17-6-8-19(9-7-17)38(32,33)27(2)16-18-5-4-13-35-18/h6-11,15,18H,3-5,12-14,16H2,1-2H3,(H2,25,30,31). The van der Waals surface area contributed by atoms with Crippen LogP contribution in [0.5, 0.6) is 0 Å². The van der Waals surface area contributed by atoms with Gasteiger partial charge >= 0.3 is 0 Å². The summed E-state index contributed by atoms with van der Waals surface area (Å²) < 4.78 is 64.1. The molecule has 0 saturated carbocycles. The molecule has 0 spiro atoms. The van der Waals surface area contributed by atoms with Crippen LogP contribution in [0.3, 0.4) is 0 Å². The van der Waals surface area contributed by atoms with Crippen LogP contribution in [0, 0.1) is 0 Å². The summed E-state index contributed by atoms with van der Waals surface area (Å²) in [7, 11) is -6.13. The number of nitrogens with two attached hydrogens (primary N) is 1. The van der Waals surface area contributed by atoms with Crippen LogP contribution in [0.1, 0.15) is 30.1 Å². The minimum absolute atomic E-state index is 0.0395. The highest BCUT2D eigenvalue weighted by Gasteiger charge is 2.26. The van der Waals surface area contributed by atoms with Gasteiger partial charge in [0.1, 0.15) is 0 Å². The summed E-state index contributed by atoms with van der Waals surface area (Å²) in [6.07, 6.45) is 1.61. The van der Waals surface area contributed by atoms with Gasteiger partial charge in [-0.05, 0) is 62.2 Å². The molecule has 1 aromatic heterocycles. The van der Waals surface area contributed by atoms with E-state index in [4.69, 9.17) is 14.6 Å². The van der Waals surface area contributed by atoms with Gasteiger partial charge in [0.15, 0.2) is 4.80 Å². The number of benzene rings is 2. The fraction of sp³-hybridized carbons (Fsp3) is 0.417. The molecule has 2 N–H and O–H groups in total. The molecule has 4 rings (SSSR count). The van der Waals surface area contributed by atoms with Gasteiger partial charge < -0.3 is 14.0 Å². The molecule has 1 aliphatic rings. The lowest BCUT2D eigenvalue weighted by atomic mass is 10.2. The lowest BCUT2D eigenvalue weighted by molar-refractivity contribution is 0.0979. The number of nitrogens with zero attached hydrogens (tertiary/aromatic N) is 3. The Morgan fingerprint density at radius 1 is 1.18 bits per heavy atom. The molecule has 2 aromatic carbocycles. The van der Waals surface area contributed by atoms with Gasteiger partial charge in [0.2, 0.25) is 20.0 Å². The zero-order valence-corrected chi connectivity index (χ0v) is 23.5. The van der Waals surface area contributed by atoms with Crippen molar-refractivity contribution in [1.29, 1.82) is 0 Å². The first-order valence-corrected chi connectivity index (χ1v) is 15.8. The number of primary sulfonamides is 1. The molecule has 38 heavy (non-hydrogen) atoms. The van der Waals surface area contributed by atoms with Crippen LogP contribution in [0.15, 0.2) is 57.2 Å². The molecule has 0 radical (unpaired) electrons. The van der Waals surface area contributed by atoms with Gasteiger partial charge in [0, 0.05) is 38.9 Å². The molecule has 0 aliphatic carbocycles. The van der Waals surface area contributed by atoms with Crippen LogP contribution in [-0.2, 0) is 36.1 Å². The zero-order valence-electron chi connectivity index (χ0n) is 21.1. The number of thiazole rings is 1. The highest BCUT2D eigenvalue weighted by Crippen LogP contribution is 2.22. The Morgan fingerprint density at radius 2 is 1.89 bits per heavy atom. The predicted molar refractivity (Wildman–Crippen MR) is 143 cm³/mol. The van der Waals surface area contributed by atoms with E-state index < -0.39 is 26.0 Å². The molecule has 1 fully saturated rings. The van der Waals surface area contributed by atoms with Crippen LogP contribution in [-0.4, -0.2) is 71.1 Å². The fourth-order valence-corrected chi connectivity index (χ4v) is 7.02. The molecule has 14 heteroatoms. The van der Waals surface area contributed by atoms with E-state index in [0.717, 1.165) is 24.2 Å². The maximum atomic E-state index is 13.0. The first kappa shape index (κ1) is 28.5. The average molecular weight is 583 g/mol. The van der Waals surface area contributed by atoms with Crippen LogP contribution >= 0.6 is 11.3 Å². The molecule has 1 amide bonds. The third kappa shape index (κ3) is 6.39. The summed E-state index contributed by atoms with van der Waals surface area (Å²) in [6.45, 7) is 4.04. The van der Waals surface area contributed by atoms with Crippen LogP contribution in [0.2, 0.25) is 0 Å². The monoisotopic (exact) mass is 582 g/mol. The van der Waals surface area contributed by atoms with Gasteiger partial charge in [-0.2, -0.15) is 9.30 Å². The number of hydrogen-bond acceptors (Lipinski definition) is 8. The summed E-state index contributed by atoms with van der Waals surface area (Å²) in [5.41, 5.74) is 0.897. The third-order valence-electron chi connectivity index (χ3n) is 6.14. The maximum absolute atomic E-state index is 13.0. The van der Waals surface area contributed by atoms with E-state index in [1.807, 2.05) is 6.92 Å². The zero-order chi connectivity index (χ0) is 27.5. The van der Waals surface area contributed by atoms with Crippen LogP contribution < -0.4 is 9.94 Å². The summed E-state index contributed by atoms with van der Waals surface area (Å²) in [5.74, 6) is -0.565. The topological polar surface area (TPSA) is 150 Å². The number of carbonyl (C=O) groups is 1. The number of fused-ring (bicyclic) bond motifs is 1. The number of likely N-dealkylation sites (N-methyl/N-ethyl adjacent to an activating group) is 1. The maximum Gasteiger partial charge on any atom is 0.279 e. The van der Waals surface area contributed by atoms with Crippen molar-refractivity contribution in [3.8, 4) is 0 Å². The van der Waals surface area contributed by atoms with Crippen molar-refractivity contribution in [2.45, 2.75) is 42.2 Å². The van der Waals surface area contributed by atoms with E-state index in [1.54, 1.807) is 10.6 Å². The average Bonchev–Trinajstić information content (AvgIpc) is 3.51. The van der Waals surface area contributed by atoms with Crippen LogP contribution in [0.4, 0.5) is 0 Å². The van der Waals surface area contributed by atoms with Gasteiger partial charge in [-0.15, -0.1) is 0 Å². The molecular formula is C24H30N4O7S3. The second-order valence-corrected chi connectivity index (χ2v) is 13.4. The summed E-state index contributed by atoms with van der Waals surface area (Å²) in [5, 5.41) is 5.27. The van der Waals surface area contributed by atoms with E-state index in [-0.39, 0.29) is 28.0 Å². The molecule has 0 bridgehead atoms. The predicted octanol–water partition coefficient (Wildman–Crippen LogP) is 1.93. The molecule has 11 nitrogen and oxygen atoms in total. The minimum Gasteiger partial charge on any atom is -0.380 e. The van der Waals surface area contributed by atoms with Gasteiger partial charge in [-0.3, -0.25) is 4.79 Å². The first-order chi connectivity index (χ1) is 18.0. The van der Waals surface area contributed by atoms with Gasteiger partial charge in [0.25, 0.3) is 5.91 Å². The molecule has 2 heterocycles. The fourth-order valence-electron chi connectivity index (χ4n) is 4.11. The van der Waals surface area contributed by atoms with Crippen molar-refractivity contribution in [2.75, 3.05) is 33.4 Å². The Hall–Kier alpha value is -2.46. The minimum atomic E-state index is -3.90. The lowest BCUT2D eigenvalue weighted by Gasteiger charge is -2.20. The second-order valence-electron chi connectivity index (χ2n) is 8.77. The summed E-state index contributed by atoms with van der Waals surface area (Å²) >= 11 is 1.15. The van der Waals surface area contributed by atoms with Crippen molar-refractivity contribution in [3.05, 3.63) is 52.8 Å². The highest BCUT2D eigenvalue weighted by atomic mass is 32.2. The number of ether oxygens (including phenoxy) is 2. The highest BCUT2D eigenvalue weighted by molar-refractivity contribution is 7.89. The molecule has 1 unspecified atom stereocenters. The Kier molecular flexibility index (Phi) is 8.82. The molecule has 1 atom stereocenters. The normalized spacial score (nSPS) is 17.1. The number of hydrogen-bond donors (Lipinski definition) is 1. The SMILES string of the molecule is CCOCCn1c(=NC(=O)c2ccc(S(=O)(=O)N(C)CC3CCCO3)cc2)sc2cc(S(N)(=O)=O)ccc21. The van der Waals surface area contributed by atoms with Crippen molar-refractivity contribution in [2.24, 2.45) is 10.1 Å². The number of rotatable bonds is 10. The first-order valence-electron chi connectivity index (χ1n) is 12.0. The number of carbonyl (C=O) groups excluding carboxylic acids is 1. The number of amides is 1. The largest absolute Gasteiger partial charge is 0.380 e. The number of aromatic nitrogens is 1. The van der Waals surface area contributed by atoms with Crippen molar-refractivity contribution < 1.29 is 31.1 Å². The van der Waals surface area contributed by atoms with Crippen molar-refractivity contribution >= 4 is 47.5 Å². The summed E-state index contributed by atoms with van der Waals surface area (Å²) in [4.78, 5) is 17.7. The molecular weight excluding hydrogens is 552 g/mol. The van der Waals surface area contributed by atoms with Crippen LogP contribution in [0.25, 0.3) is 10.2 Å². The number of sulfonamides is 2. The smallest absolute Gasteiger partial charge is 0.279 e. The molecule has 1 saturated heterocycles. The van der Waals surface area contributed by atoms with Gasteiger partial charge in [-0.25, -0.2) is 22.0 Å². The van der Waals surface area contributed by atoms with E-state index in [1.165, 1.54) is 47.8 Å². The van der Waals surface area contributed by atoms with E-state index in [0.29, 0.717) is 41.4 Å². The Labute approximate surface area is 225 Å².